The van der Waals surface area contributed by atoms with E-state index in [0.717, 1.165) is 45.7 Å². The molecule has 0 aliphatic heterocycles. The Bertz CT molecular complexity index is 789. The van der Waals surface area contributed by atoms with Crippen LogP contribution in [0.4, 0.5) is 0 Å². The second kappa shape index (κ2) is 10.4. The number of nitrogens with two attached hydrogens (primary N) is 1. The molecule has 0 saturated heterocycles. The van der Waals surface area contributed by atoms with Gasteiger partial charge in [-0.3, -0.25) is 4.90 Å². The van der Waals surface area contributed by atoms with Crippen molar-refractivity contribution in [3.05, 3.63) is 60.2 Å². The van der Waals surface area contributed by atoms with Crippen LogP contribution in [0.1, 0.15) is 31.7 Å². The van der Waals surface area contributed by atoms with Gasteiger partial charge in [0.1, 0.15) is 0 Å². The molecule has 3 heteroatoms. The van der Waals surface area contributed by atoms with Crippen LogP contribution in [0.15, 0.2) is 54.6 Å². The Morgan fingerprint density at radius 3 is 2.11 bits per heavy atom. The van der Waals surface area contributed by atoms with Crippen molar-refractivity contribution in [1.82, 2.24) is 10.2 Å². The summed E-state index contributed by atoms with van der Waals surface area (Å²) in [5.74, 6) is 0. The molecule has 144 valence electrons. The molecular weight excluding hydrogens is 330 g/mol. The highest BCUT2D eigenvalue weighted by atomic mass is 15.1. The van der Waals surface area contributed by atoms with E-state index in [9.17, 15) is 0 Å². The van der Waals surface area contributed by atoms with E-state index >= 15 is 0 Å². The van der Waals surface area contributed by atoms with E-state index < -0.39 is 0 Å². The predicted molar refractivity (Wildman–Crippen MR) is 118 cm³/mol. The molecule has 0 radical (unpaired) electrons. The Kier molecular flexibility index (Phi) is 7.64. The molecule has 0 amide bonds. The smallest absolute Gasteiger partial charge is 0.0245 e. The van der Waals surface area contributed by atoms with Gasteiger partial charge in [0.25, 0.3) is 0 Å². The van der Waals surface area contributed by atoms with Gasteiger partial charge in [0.15, 0.2) is 0 Å². The number of nitrogens with zero attached hydrogens (tertiary/aromatic N) is 1. The molecule has 0 aliphatic rings. The van der Waals surface area contributed by atoms with Crippen molar-refractivity contribution in [1.29, 1.82) is 0 Å². The fourth-order valence-electron chi connectivity index (χ4n) is 3.79. The van der Waals surface area contributed by atoms with E-state index in [0.29, 0.717) is 0 Å². The largest absolute Gasteiger partial charge is 0.330 e. The van der Waals surface area contributed by atoms with Gasteiger partial charge in [0.05, 0.1) is 0 Å². The minimum atomic E-state index is 0.773. The van der Waals surface area contributed by atoms with E-state index in [1.807, 2.05) is 0 Å². The second-order valence-electron chi connectivity index (χ2n) is 7.27. The fraction of sp³-hybridized carbons (Fsp3) is 0.417. The van der Waals surface area contributed by atoms with Crippen LogP contribution in [-0.2, 0) is 6.54 Å². The third-order valence-corrected chi connectivity index (χ3v) is 5.35. The zero-order chi connectivity index (χ0) is 18.9. The molecule has 0 aromatic heterocycles. The quantitative estimate of drug-likeness (QED) is 0.388. The van der Waals surface area contributed by atoms with Crippen molar-refractivity contribution in [3.8, 4) is 0 Å². The molecule has 0 unspecified atom stereocenters. The van der Waals surface area contributed by atoms with Crippen molar-refractivity contribution in [2.24, 2.45) is 5.73 Å². The van der Waals surface area contributed by atoms with Crippen molar-refractivity contribution < 1.29 is 0 Å². The molecule has 3 nitrogen and oxygen atoms in total. The average Bonchev–Trinajstić information content (AvgIpc) is 2.71. The van der Waals surface area contributed by atoms with Crippen molar-refractivity contribution in [2.75, 3.05) is 32.7 Å². The maximum Gasteiger partial charge on any atom is 0.0245 e. The molecule has 3 N–H and O–H groups in total. The predicted octanol–water partition coefficient (Wildman–Crippen LogP) is 4.53. The number of benzene rings is 3. The minimum Gasteiger partial charge on any atom is -0.330 e. The molecule has 0 heterocycles. The minimum absolute atomic E-state index is 0.773. The summed E-state index contributed by atoms with van der Waals surface area (Å²) < 4.78 is 0. The number of fused-ring (bicyclic) bond motifs is 2. The summed E-state index contributed by atoms with van der Waals surface area (Å²) in [4.78, 5) is 2.58. The number of hydrogen-bond acceptors (Lipinski definition) is 3. The molecule has 0 spiro atoms. The molecule has 0 bridgehead atoms. The van der Waals surface area contributed by atoms with Crippen molar-refractivity contribution >= 4 is 21.5 Å². The topological polar surface area (TPSA) is 41.3 Å². The lowest BCUT2D eigenvalue weighted by molar-refractivity contribution is 0.275. The van der Waals surface area contributed by atoms with Gasteiger partial charge in [-0.05, 0) is 85.2 Å². The first-order chi connectivity index (χ1) is 13.3. The molecule has 3 rings (SSSR count). The van der Waals surface area contributed by atoms with Crippen molar-refractivity contribution in [3.63, 3.8) is 0 Å². The van der Waals surface area contributed by atoms with Gasteiger partial charge < -0.3 is 11.1 Å². The Balaban J connectivity index is 1.69. The van der Waals surface area contributed by atoms with Gasteiger partial charge >= 0.3 is 0 Å². The molecular formula is C24H33N3. The summed E-state index contributed by atoms with van der Waals surface area (Å²) in [6.07, 6.45) is 3.51. The third-order valence-electron chi connectivity index (χ3n) is 5.35. The molecule has 3 aromatic carbocycles. The first kappa shape index (κ1) is 19.8. The van der Waals surface area contributed by atoms with E-state index in [-0.39, 0.29) is 0 Å². The Hall–Kier alpha value is -1.94. The van der Waals surface area contributed by atoms with Crippen LogP contribution in [0, 0.1) is 0 Å². The van der Waals surface area contributed by atoms with Gasteiger partial charge in [-0.15, -0.1) is 0 Å². The Morgan fingerprint density at radius 1 is 0.852 bits per heavy atom. The van der Waals surface area contributed by atoms with Gasteiger partial charge in [0, 0.05) is 6.54 Å². The summed E-state index contributed by atoms with van der Waals surface area (Å²) in [5.41, 5.74) is 7.00. The van der Waals surface area contributed by atoms with Crippen LogP contribution in [0.5, 0.6) is 0 Å². The molecule has 0 fully saturated rings. The van der Waals surface area contributed by atoms with Crippen LogP contribution in [0.2, 0.25) is 0 Å². The molecule has 0 atom stereocenters. The zero-order valence-corrected chi connectivity index (χ0v) is 16.6. The number of hydrogen-bond donors (Lipinski definition) is 2. The Morgan fingerprint density at radius 2 is 1.48 bits per heavy atom. The summed E-state index contributed by atoms with van der Waals surface area (Å²) in [7, 11) is 0. The van der Waals surface area contributed by atoms with Crippen LogP contribution < -0.4 is 11.1 Å². The number of rotatable bonds is 11. The summed E-state index contributed by atoms with van der Waals surface area (Å²) in [6.45, 7) is 8.41. The lowest BCUT2D eigenvalue weighted by atomic mass is 9.96. The van der Waals surface area contributed by atoms with Gasteiger partial charge in [0.2, 0.25) is 0 Å². The SMILES string of the molecule is CCN(CCCCNCCCN)Cc1c2ccccc2cc2ccccc12. The molecule has 0 aliphatic carbocycles. The number of unbranched alkanes of at least 4 members (excludes halogenated alkanes) is 1. The van der Waals surface area contributed by atoms with Crippen LogP contribution in [0.25, 0.3) is 21.5 Å². The van der Waals surface area contributed by atoms with Gasteiger partial charge in [-0.25, -0.2) is 0 Å². The summed E-state index contributed by atoms with van der Waals surface area (Å²) in [6, 6.07) is 19.9. The van der Waals surface area contributed by atoms with E-state index in [1.165, 1.54) is 39.9 Å². The highest BCUT2D eigenvalue weighted by Crippen LogP contribution is 2.29. The van der Waals surface area contributed by atoms with E-state index in [4.69, 9.17) is 5.73 Å². The third kappa shape index (κ3) is 5.29. The first-order valence-electron chi connectivity index (χ1n) is 10.4. The molecule has 3 aromatic rings. The zero-order valence-electron chi connectivity index (χ0n) is 16.6. The Labute approximate surface area is 163 Å². The number of nitrogens with one attached hydrogen (secondary N) is 1. The normalized spacial score (nSPS) is 11.7. The summed E-state index contributed by atoms with van der Waals surface area (Å²) >= 11 is 0. The molecule has 27 heavy (non-hydrogen) atoms. The van der Waals surface area contributed by atoms with Gasteiger partial charge in [-0.1, -0.05) is 55.5 Å². The monoisotopic (exact) mass is 363 g/mol. The second-order valence-corrected chi connectivity index (χ2v) is 7.27. The maximum atomic E-state index is 5.53. The lowest BCUT2D eigenvalue weighted by Gasteiger charge is -2.23. The molecule has 0 saturated carbocycles. The van der Waals surface area contributed by atoms with Crippen molar-refractivity contribution in [2.45, 2.75) is 32.7 Å². The standard InChI is InChI=1S/C24H33N3/c1-2-27(17-8-7-15-26-16-9-14-25)19-24-22-12-5-3-10-20(22)18-21-11-4-6-13-23(21)24/h3-6,10-13,18,26H,2,7-9,14-17,19,25H2,1H3. The average molecular weight is 364 g/mol. The lowest BCUT2D eigenvalue weighted by Crippen LogP contribution is -2.25. The first-order valence-corrected chi connectivity index (χ1v) is 10.4. The maximum absolute atomic E-state index is 5.53. The van der Waals surface area contributed by atoms with Crippen LogP contribution in [0.3, 0.4) is 0 Å². The van der Waals surface area contributed by atoms with E-state index in [1.54, 1.807) is 0 Å². The van der Waals surface area contributed by atoms with Gasteiger partial charge in [-0.2, -0.15) is 0 Å². The summed E-state index contributed by atoms with van der Waals surface area (Å²) in [5, 5.41) is 8.93. The van der Waals surface area contributed by atoms with Crippen LogP contribution >= 0.6 is 0 Å². The highest BCUT2D eigenvalue weighted by molar-refractivity contribution is 6.02. The fourth-order valence-corrected chi connectivity index (χ4v) is 3.79. The van der Waals surface area contributed by atoms with Crippen LogP contribution in [-0.4, -0.2) is 37.6 Å². The highest BCUT2D eigenvalue weighted by Gasteiger charge is 2.11. The van der Waals surface area contributed by atoms with E-state index in [2.05, 4.69) is 71.7 Å².